The Hall–Kier alpha value is -4.20. The predicted octanol–water partition coefficient (Wildman–Crippen LogP) is 4.94. The van der Waals surface area contributed by atoms with E-state index in [-0.39, 0.29) is 37.9 Å². The van der Waals surface area contributed by atoms with Gasteiger partial charge in [-0.05, 0) is 54.1 Å². The zero-order valence-corrected chi connectivity index (χ0v) is 18.9. The molecule has 178 valence electrons. The van der Waals surface area contributed by atoms with Crippen molar-refractivity contribution >= 4 is 35.0 Å². The lowest BCUT2D eigenvalue weighted by atomic mass is 10.1. The molecule has 1 aliphatic heterocycles. The number of oxazole rings is 1. The molecule has 35 heavy (non-hydrogen) atoms. The highest BCUT2D eigenvalue weighted by Crippen LogP contribution is 2.26. The molecule has 0 spiro atoms. The predicted molar refractivity (Wildman–Crippen MR) is 130 cm³/mol. The number of para-hydroxylation sites is 1. The third kappa shape index (κ3) is 5.32. The lowest BCUT2D eigenvalue weighted by Crippen LogP contribution is -2.40. The Morgan fingerprint density at radius 3 is 2.71 bits per heavy atom. The van der Waals surface area contributed by atoms with E-state index < -0.39 is 6.17 Å². The molecule has 1 amide bonds. The quantitative estimate of drug-likeness (QED) is 0.365. The molecule has 1 saturated heterocycles. The zero-order chi connectivity index (χ0) is 24.2. The summed E-state index contributed by atoms with van der Waals surface area (Å²) in [6.07, 6.45) is 0.0164. The van der Waals surface area contributed by atoms with Gasteiger partial charge >= 0.3 is 0 Å². The highest BCUT2D eigenvalue weighted by molar-refractivity contribution is 5.82. The van der Waals surface area contributed by atoms with Crippen molar-refractivity contribution in [3.05, 3.63) is 83.9 Å². The lowest BCUT2D eigenvalue weighted by molar-refractivity contribution is -0.132. The number of hydrogen-bond acceptors (Lipinski definition) is 6. The Labute approximate surface area is 201 Å². The van der Waals surface area contributed by atoms with Gasteiger partial charge in [0.25, 0.3) is 6.01 Å². The Kier molecular flexibility index (Phi) is 6.43. The van der Waals surface area contributed by atoms with Gasteiger partial charge in [-0.3, -0.25) is 9.59 Å². The molecule has 5 rings (SSSR count). The van der Waals surface area contributed by atoms with E-state index in [0.29, 0.717) is 28.4 Å². The number of ether oxygens (including phenoxy) is 1. The van der Waals surface area contributed by atoms with Gasteiger partial charge in [0, 0.05) is 17.7 Å². The minimum Gasteiger partial charge on any atom is -0.491 e. The molecule has 1 unspecified atom stereocenters. The first-order valence-electron chi connectivity index (χ1n) is 11.4. The van der Waals surface area contributed by atoms with Crippen LogP contribution in [0.4, 0.5) is 16.1 Å². The first-order chi connectivity index (χ1) is 17.1. The number of anilines is 2. The van der Waals surface area contributed by atoms with Crippen LogP contribution in [-0.2, 0) is 11.2 Å². The van der Waals surface area contributed by atoms with Crippen molar-refractivity contribution in [1.29, 1.82) is 0 Å². The fourth-order valence-corrected chi connectivity index (χ4v) is 4.21. The number of halogens is 1. The van der Waals surface area contributed by atoms with E-state index in [1.165, 1.54) is 0 Å². The maximum absolute atomic E-state index is 14.2. The minimum absolute atomic E-state index is 0.0482. The van der Waals surface area contributed by atoms with Gasteiger partial charge in [0.2, 0.25) is 5.91 Å². The van der Waals surface area contributed by atoms with Crippen LogP contribution in [0.1, 0.15) is 22.3 Å². The molecule has 2 heterocycles. The molecule has 3 aromatic carbocycles. The van der Waals surface area contributed by atoms with E-state index in [2.05, 4.69) is 10.3 Å². The molecule has 1 fully saturated rings. The van der Waals surface area contributed by atoms with Crippen LogP contribution in [0.15, 0.2) is 77.2 Å². The summed E-state index contributed by atoms with van der Waals surface area (Å²) in [6.45, 7) is 0.231. The number of carbonyl (C=O) groups excluding carboxylic acids is 2. The Bertz CT molecular complexity index is 1320. The van der Waals surface area contributed by atoms with Gasteiger partial charge in [0.15, 0.2) is 5.58 Å². The molecule has 1 aromatic heterocycles. The average molecular weight is 474 g/mol. The van der Waals surface area contributed by atoms with Crippen molar-refractivity contribution < 1.29 is 23.1 Å². The van der Waals surface area contributed by atoms with Crippen LogP contribution in [0.2, 0.25) is 0 Å². The van der Waals surface area contributed by atoms with Crippen LogP contribution in [0.5, 0.6) is 5.75 Å². The standard InChI is InChI=1S/C27H24FN3O4/c28-20-14-22(17-34-23-9-6-18(16-32)7-10-23)31(15-20)26(33)13-19-8-11-24-25(12-19)35-27(30-24)29-21-4-2-1-3-5-21/h1-12,16,20,22H,13-15,17H2,(H,29,30)/t20?,22-/m0/s1. The molecule has 4 aromatic rings. The summed E-state index contributed by atoms with van der Waals surface area (Å²) in [5.74, 6) is 0.401. The summed E-state index contributed by atoms with van der Waals surface area (Å²) in [4.78, 5) is 29.8. The van der Waals surface area contributed by atoms with E-state index in [9.17, 15) is 14.0 Å². The highest BCUT2D eigenvalue weighted by Gasteiger charge is 2.35. The molecular formula is C27H24FN3O4. The number of nitrogens with one attached hydrogen (secondary N) is 1. The molecule has 8 heteroatoms. The van der Waals surface area contributed by atoms with Gasteiger partial charge in [-0.15, -0.1) is 0 Å². The fourth-order valence-electron chi connectivity index (χ4n) is 4.21. The zero-order valence-electron chi connectivity index (χ0n) is 18.9. The van der Waals surface area contributed by atoms with Crippen LogP contribution in [0.25, 0.3) is 11.1 Å². The van der Waals surface area contributed by atoms with Crippen LogP contribution in [0, 0.1) is 0 Å². The molecule has 2 atom stereocenters. The number of benzene rings is 3. The maximum Gasteiger partial charge on any atom is 0.300 e. The number of rotatable bonds is 8. The second kappa shape index (κ2) is 9.97. The van der Waals surface area contributed by atoms with Crippen LogP contribution in [0.3, 0.4) is 0 Å². The van der Waals surface area contributed by atoms with Crippen molar-refractivity contribution in [2.24, 2.45) is 0 Å². The molecular weight excluding hydrogens is 449 g/mol. The number of carbonyl (C=O) groups is 2. The van der Waals surface area contributed by atoms with Gasteiger partial charge in [0.1, 0.15) is 30.3 Å². The average Bonchev–Trinajstić information content (AvgIpc) is 3.45. The number of alkyl halides is 1. The molecule has 0 radical (unpaired) electrons. The van der Waals surface area contributed by atoms with Crippen LogP contribution >= 0.6 is 0 Å². The van der Waals surface area contributed by atoms with Crippen molar-refractivity contribution in [3.63, 3.8) is 0 Å². The summed E-state index contributed by atoms with van der Waals surface area (Å²) in [5, 5.41) is 3.12. The van der Waals surface area contributed by atoms with Crippen molar-refractivity contribution in [2.45, 2.75) is 25.1 Å². The number of likely N-dealkylation sites (tertiary alicyclic amines) is 1. The minimum atomic E-state index is -1.09. The lowest BCUT2D eigenvalue weighted by Gasteiger charge is -2.24. The summed E-state index contributed by atoms with van der Waals surface area (Å²) in [6, 6.07) is 21.7. The fraction of sp³-hybridized carbons (Fsp3) is 0.222. The maximum atomic E-state index is 14.2. The van der Waals surface area contributed by atoms with Crippen molar-refractivity contribution in [2.75, 3.05) is 18.5 Å². The molecule has 1 aliphatic rings. The first kappa shape index (κ1) is 22.6. The normalized spacial score (nSPS) is 17.5. The molecule has 7 nitrogen and oxygen atoms in total. The topological polar surface area (TPSA) is 84.7 Å². The Morgan fingerprint density at radius 2 is 1.94 bits per heavy atom. The Balaban J connectivity index is 1.23. The SMILES string of the molecule is O=Cc1ccc(OC[C@@H]2CC(F)CN2C(=O)Cc2ccc3nc(Nc4ccccc4)oc3c2)cc1. The number of amides is 1. The van der Waals surface area contributed by atoms with Crippen LogP contribution < -0.4 is 10.1 Å². The van der Waals surface area contributed by atoms with E-state index >= 15 is 0 Å². The summed E-state index contributed by atoms with van der Waals surface area (Å²) in [5.41, 5.74) is 3.41. The van der Waals surface area contributed by atoms with Gasteiger partial charge in [-0.1, -0.05) is 24.3 Å². The van der Waals surface area contributed by atoms with Gasteiger partial charge in [-0.2, -0.15) is 4.98 Å². The number of hydrogen-bond donors (Lipinski definition) is 1. The number of aldehydes is 1. The smallest absolute Gasteiger partial charge is 0.300 e. The number of nitrogens with zero attached hydrogens (tertiary/aromatic N) is 2. The molecule has 0 aliphatic carbocycles. The van der Waals surface area contributed by atoms with E-state index in [1.54, 1.807) is 35.2 Å². The monoisotopic (exact) mass is 473 g/mol. The molecule has 1 N–H and O–H groups in total. The molecule has 0 saturated carbocycles. The highest BCUT2D eigenvalue weighted by atomic mass is 19.1. The van der Waals surface area contributed by atoms with E-state index in [1.807, 2.05) is 42.5 Å². The van der Waals surface area contributed by atoms with E-state index in [0.717, 1.165) is 17.5 Å². The Morgan fingerprint density at radius 1 is 1.14 bits per heavy atom. The summed E-state index contributed by atoms with van der Waals surface area (Å²) >= 11 is 0. The largest absolute Gasteiger partial charge is 0.491 e. The van der Waals surface area contributed by atoms with Crippen molar-refractivity contribution in [1.82, 2.24) is 9.88 Å². The van der Waals surface area contributed by atoms with Gasteiger partial charge in [0.05, 0.1) is 19.0 Å². The molecule has 0 bridgehead atoms. The first-order valence-corrected chi connectivity index (χ1v) is 11.4. The second-order valence-corrected chi connectivity index (χ2v) is 8.52. The van der Waals surface area contributed by atoms with Gasteiger partial charge in [-0.25, -0.2) is 4.39 Å². The number of fused-ring (bicyclic) bond motifs is 1. The van der Waals surface area contributed by atoms with Crippen molar-refractivity contribution in [3.8, 4) is 5.75 Å². The number of aromatic nitrogens is 1. The summed E-state index contributed by atoms with van der Waals surface area (Å²) < 4.78 is 25.8. The van der Waals surface area contributed by atoms with Crippen LogP contribution in [-0.4, -0.2) is 47.4 Å². The van der Waals surface area contributed by atoms with E-state index in [4.69, 9.17) is 9.15 Å². The third-order valence-electron chi connectivity index (χ3n) is 5.98. The van der Waals surface area contributed by atoms with Gasteiger partial charge < -0.3 is 19.4 Å². The summed E-state index contributed by atoms with van der Waals surface area (Å²) in [7, 11) is 0. The third-order valence-corrected chi connectivity index (χ3v) is 5.98. The second-order valence-electron chi connectivity index (χ2n) is 8.52.